The number of hydrogen-bond donors (Lipinski definition) is 0. The van der Waals surface area contributed by atoms with Crippen LogP contribution in [0.2, 0.25) is 0 Å². The van der Waals surface area contributed by atoms with Gasteiger partial charge in [-0.1, -0.05) is 30.0 Å². The third-order valence-corrected chi connectivity index (χ3v) is 2.94. The molecule has 0 amide bonds. The van der Waals surface area contributed by atoms with E-state index in [-0.39, 0.29) is 0 Å². The summed E-state index contributed by atoms with van der Waals surface area (Å²) >= 11 is 1.72. The lowest BCUT2D eigenvalue weighted by molar-refractivity contribution is 1.45. The summed E-state index contributed by atoms with van der Waals surface area (Å²) < 4.78 is 0. The summed E-state index contributed by atoms with van der Waals surface area (Å²) in [7, 11) is 0. The molecule has 0 fully saturated rings. The van der Waals surface area contributed by atoms with Crippen molar-refractivity contribution in [1.29, 1.82) is 0 Å². The monoisotopic (exact) mass is 250 g/mol. The van der Waals surface area contributed by atoms with Crippen LogP contribution in [0.4, 0.5) is 0 Å². The third kappa shape index (κ3) is 4.83. The molecule has 0 unspecified atom stereocenters. The second-order valence-corrected chi connectivity index (χ2v) is 4.26. The van der Waals surface area contributed by atoms with E-state index in [1.165, 1.54) is 4.90 Å². The minimum absolute atomic E-state index is 0.938. The minimum atomic E-state index is 0.938. The number of terminal acetylenes is 2. The van der Waals surface area contributed by atoms with E-state index in [1.807, 2.05) is 60.9 Å². The zero-order chi connectivity index (χ0) is 13.2. The SMILES string of the molecule is C#Cc1ccc(SC)cc1.C#Cc1ccccc1. The largest absolute Gasteiger partial charge is 0.130 e. The fourth-order valence-electron chi connectivity index (χ4n) is 1.22. The van der Waals surface area contributed by atoms with Gasteiger partial charge in [0.1, 0.15) is 0 Å². The van der Waals surface area contributed by atoms with E-state index in [2.05, 4.69) is 11.8 Å². The summed E-state index contributed by atoms with van der Waals surface area (Å²) in [6.07, 6.45) is 12.3. The summed E-state index contributed by atoms with van der Waals surface area (Å²) in [6, 6.07) is 17.6. The van der Waals surface area contributed by atoms with Gasteiger partial charge in [-0.05, 0) is 42.7 Å². The van der Waals surface area contributed by atoms with E-state index in [1.54, 1.807) is 11.8 Å². The normalized spacial score (nSPS) is 8.39. The first-order valence-electron chi connectivity index (χ1n) is 5.42. The van der Waals surface area contributed by atoms with Gasteiger partial charge in [0.2, 0.25) is 0 Å². The molecule has 2 aromatic rings. The molecular weight excluding hydrogens is 236 g/mol. The van der Waals surface area contributed by atoms with Gasteiger partial charge in [-0.25, -0.2) is 0 Å². The first kappa shape index (κ1) is 14.0. The molecule has 88 valence electrons. The maximum absolute atomic E-state index is 5.18. The van der Waals surface area contributed by atoms with Gasteiger partial charge in [-0.3, -0.25) is 0 Å². The van der Waals surface area contributed by atoms with Gasteiger partial charge in [0.25, 0.3) is 0 Å². The van der Waals surface area contributed by atoms with Crippen molar-refractivity contribution in [2.75, 3.05) is 6.26 Å². The van der Waals surface area contributed by atoms with Gasteiger partial charge in [0.05, 0.1) is 0 Å². The molecule has 2 rings (SSSR count). The smallest absolute Gasteiger partial charge is 0.0243 e. The van der Waals surface area contributed by atoms with Crippen LogP contribution in [0.1, 0.15) is 11.1 Å². The zero-order valence-corrected chi connectivity index (χ0v) is 11.1. The highest BCUT2D eigenvalue weighted by Gasteiger charge is 1.87. The quantitative estimate of drug-likeness (QED) is 0.543. The van der Waals surface area contributed by atoms with Gasteiger partial charge >= 0.3 is 0 Å². The first-order valence-corrected chi connectivity index (χ1v) is 6.65. The van der Waals surface area contributed by atoms with Crippen LogP contribution in [0.15, 0.2) is 59.5 Å². The number of hydrogen-bond acceptors (Lipinski definition) is 1. The molecule has 0 spiro atoms. The Hall–Kier alpha value is -2.09. The van der Waals surface area contributed by atoms with Crippen LogP contribution in [-0.4, -0.2) is 6.26 Å². The summed E-state index contributed by atoms with van der Waals surface area (Å²) in [5.41, 5.74) is 1.88. The van der Waals surface area contributed by atoms with Crippen LogP contribution in [-0.2, 0) is 0 Å². The first-order chi connectivity index (χ1) is 8.80. The zero-order valence-electron chi connectivity index (χ0n) is 10.3. The number of thioether (sulfide) groups is 1. The van der Waals surface area contributed by atoms with Crippen LogP contribution in [0.5, 0.6) is 0 Å². The molecule has 0 aliphatic heterocycles. The van der Waals surface area contributed by atoms with E-state index in [0.29, 0.717) is 0 Å². The fraction of sp³-hybridized carbons (Fsp3) is 0.0588. The highest BCUT2D eigenvalue weighted by atomic mass is 32.2. The summed E-state index contributed by atoms with van der Waals surface area (Å²) in [6.45, 7) is 0. The van der Waals surface area contributed by atoms with Crippen LogP contribution in [0.3, 0.4) is 0 Å². The predicted molar refractivity (Wildman–Crippen MR) is 80.5 cm³/mol. The van der Waals surface area contributed by atoms with Crippen molar-refractivity contribution in [3.63, 3.8) is 0 Å². The molecule has 0 heterocycles. The van der Waals surface area contributed by atoms with Gasteiger partial charge in [0, 0.05) is 16.0 Å². The fourth-order valence-corrected chi connectivity index (χ4v) is 1.63. The molecule has 18 heavy (non-hydrogen) atoms. The van der Waals surface area contributed by atoms with Crippen molar-refractivity contribution >= 4 is 11.8 Å². The molecule has 0 aliphatic rings. The maximum atomic E-state index is 5.18. The number of benzene rings is 2. The Morgan fingerprint density at radius 3 is 1.67 bits per heavy atom. The summed E-state index contributed by atoms with van der Waals surface area (Å²) in [4.78, 5) is 1.25. The molecule has 0 saturated heterocycles. The van der Waals surface area contributed by atoms with E-state index < -0.39 is 0 Å². The van der Waals surface area contributed by atoms with Crippen molar-refractivity contribution in [3.05, 3.63) is 65.7 Å². The van der Waals surface area contributed by atoms with E-state index in [4.69, 9.17) is 12.8 Å². The lowest BCUT2D eigenvalue weighted by Gasteiger charge is -1.93. The Balaban J connectivity index is 0.000000184. The highest BCUT2D eigenvalue weighted by molar-refractivity contribution is 7.98. The van der Waals surface area contributed by atoms with Crippen molar-refractivity contribution in [1.82, 2.24) is 0 Å². The molecule has 0 aromatic heterocycles. The van der Waals surface area contributed by atoms with Crippen LogP contribution in [0, 0.1) is 24.7 Å². The molecule has 1 heteroatoms. The molecule has 0 atom stereocenters. The van der Waals surface area contributed by atoms with Gasteiger partial charge in [-0.2, -0.15) is 0 Å². The van der Waals surface area contributed by atoms with Crippen molar-refractivity contribution < 1.29 is 0 Å². The number of rotatable bonds is 1. The Bertz CT molecular complexity index is 539. The molecule has 0 nitrogen and oxygen atoms in total. The van der Waals surface area contributed by atoms with E-state index >= 15 is 0 Å². The molecule has 0 aliphatic carbocycles. The van der Waals surface area contributed by atoms with E-state index in [9.17, 15) is 0 Å². The molecule has 0 bridgehead atoms. The molecule has 0 N–H and O–H groups in total. The molecule has 2 aromatic carbocycles. The Morgan fingerprint density at radius 1 is 0.778 bits per heavy atom. The average Bonchev–Trinajstić information content (AvgIpc) is 2.49. The average molecular weight is 250 g/mol. The van der Waals surface area contributed by atoms with Gasteiger partial charge in [0.15, 0.2) is 0 Å². The van der Waals surface area contributed by atoms with Crippen LogP contribution < -0.4 is 0 Å². The molecular formula is C17H14S. The molecule has 0 radical (unpaired) electrons. The summed E-state index contributed by atoms with van der Waals surface area (Å²) in [5, 5.41) is 0. The van der Waals surface area contributed by atoms with Crippen LogP contribution >= 0.6 is 11.8 Å². The maximum Gasteiger partial charge on any atom is 0.0243 e. The van der Waals surface area contributed by atoms with E-state index in [0.717, 1.165) is 11.1 Å². The predicted octanol–water partition coefficient (Wildman–Crippen LogP) is 4.06. The lowest BCUT2D eigenvalue weighted by atomic mass is 10.2. The minimum Gasteiger partial charge on any atom is -0.130 e. The highest BCUT2D eigenvalue weighted by Crippen LogP contribution is 2.13. The lowest BCUT2D eigenvalue weighted by Crippen LogP contribution is -1.72. The van der Waals surface area contributed by atoms with Crippen LogP contribution in [0.25, 0.3) is 0 Å². The van der Waals surface area contributed by atoms with Crippen molar-refractivity contribution in [2.24, 2.45) is 0 Å². The third-order valence-electron chi connectivity index (χ3n) is 2.20. The van der Waals surface area contributed by atoms with Crippen molar-refractivity contribution in [3.8, 4) is 24.7 Å². The second kappa shape index (κ2) is 8.07. The van der Waals surface area contributed by atoms with Gasteiger partial charge < -0.3 is 0 Å². The Labute approximate surface area is 113 Å². The van der Waals surface area contributed by atoms with Crippen molar-refractivity contribution in [2.45, 2.75) is 4.90 Å². The standard InChI is InChI=1S/C9H8S.C8H6/c1-3-8-4-6-9(10-2)7-5-8;1-2-8-6-4-3-5-7-8/h1,4-7H,2H3;1,3-7H. The molecule has 0 saturated carbocycles. The Morgan fingerprint density at radius 2 is 1.28 bits per heavy atom. The van der Waals surface area contributed by atoms with Gasteiger partial charge in [-0.15, -0.1) is 24.6 Å². The Kier molecular flexibility index (Phi) is 6.26. The topological polar surface area (TPSA) is 0 Å². The summed E-state index contributed by atoms with van der Waals surface area (Å²) in [5.74, 6) is 5.10. The second-order valence-electron chi connectivity index (χ2n) is 3.38.